The van der Waals surface area contributed by atoms with Gasteiger partial charge in [0.2, 0.25) is 15.9 Å². The van der Waals surface area contributed by atoms with Crippen LogP contribution in [0.5, 0.6) is 0 Å². The number of carbonyl (C=O) groups excluding carboxylic acids is 1. The Labute approximate surface area is 235 Å². The summed E-state index contributed by atoms with van der Waals surface area (Å²) in [5, 5.41) is 0.984. The van der Waals surface area contributed by atoms with E-state index in [0.29, 0.717) is 17.5 Å². The molecule has 1 spiro atoms. The Bertz CT molecular complexity index is 1610. The molecule has 4 aliphatic rings. The van der Waals surface area contributed by atoms with Crippen molar-refractivity contribution >= 4 is 44.0 Å². The highest BCUT2D eigenvalue weighted by Gasteiger charge is 2.54. The van der Waals surface area contributed by atoms with Crippen LogP contribution in [0.15, 0.2) is 36.7 Å². The molecular formula is C30H36N6O3S. The number of aromatic nitrogens is 2. The van der Waals surface area contributed by atoms with Gasteiger partial charge in [0.25, 0.3) is 0 Å². The molecule has 2 saturated heterocycles. The van der Waals surface area contributed by atoms with E-state index in [1.165, 1.54) is 25.5 Å². The van der Waals surface area contributed by atoms with E-state index in [-0.39, 0.29) is 5.91 Å². The number of nitrogens with zero attached hydrogens (tertiary/aromatic N) is 5. The van der Waals surface area contributed by atoms with Gasteiger partial charge in [0, 0.05) is 48.9 Å². The number of piperidine rings is 1. The zero-order valence-corrected chi connectivity index (χ0v) is 24.0. The van der Waals surface area contributed by atoms with Crippen molar-refractivity contribution in [1.29, 1.82) is 0 Å². The van der Waals surface area contributed by atoms with E-state index < -0.39 is 15.4 Å². The summed E-state index contributed by atoms with van der Waals surface area (Å²) in [7, 11) is -1.67. The summed E-state index contributed by atoms with van der Waals surface area (Å²) in [5.41, 5.74) is 4.62. The Morgan fingerprint density at radius 3 is 2.50 bits per heavy atom. The zero-order chi connectivity index (χ0) is 27.6. The van der Waals surface area contributed by atoms with Gasteiger partial charge in [-0.05, 0) is 69.0 Å². The minimum absolute atomic E-state index is 0.160. The molecule has 7 rings (SSSR count). The van der Waals surface area contributed by atoms with Crippen LogP contribution >= 0.6 is 0 Å². The SMILES string of the molecule is CN1C(=O)C2(CCC2)c2c1cnc1ccc(-c3cnc(N4CCC(N5CCCCC5)C4)c(NS(C)(=O)=O)c3)cc21. The third kappa shape index (κ3) is 4.15. The van der Waals surface area contributed by atoms with Crippen LogP contribution in [0, 0.1) is 0 Å². The van der Waals surface area contributed by atoms with Gasteiger partial charge in [-0.2, -0.15) is 0 Å². The van der Waals surface area contributed by atoms with Gasteiger partial charge >= 0.3 is 0 Å². The summed E-state index contributed by atoms with van der Waals surface area (Å²) in [6.07, 6.45) is 12.5. The number of amides is 1. The van der Waals surface area contributed by atoms with E-state index in [4.69, 9.17) is 4.98 Å². The van der Waals surface area contributed by atoms with Crippen molar-refractivity contribution in [3.05, 3.63) is 42.2 Å². The fourth-order valence-corrected chi connectivity index (χ4v) is 7.86. The van der Waals surface area contributed by atoms with E-state index in [1.807, 2.05) is 37.6 Å². The topological polar surface area (TPSA) is 98.7 Å². The lowest BCUT2D eigenvalue weighted by atomic mass is 9.64. The molecule has 1 aromatic carbocycles. The number of rotatable bonds is 5. The minimum atomic E-state index is -3.51. The van der Waals surface area contributed by atoms with Gasteiger partial charge in [-0.1, -0.05) is 18.9 Å². The van der Waals surface area contributed by atoms with Crippen LogP contribution in [-0.2, 0) is 20.2 Å². The average molecular weight is 561 g/mol. The smallest absolute Gasteiger partial charge is 0.237 e. The third-order valence-electron chi connectivity index (χ3n) is 9.47. The molecule has 2 aromatic heterocycles. The van der Waals surface area contributed by atoms with Crippen molar-refractivity contribution < 1.29 is 13.2 Å². The summed E-state index contributed by atoms with van der Waals surface area (Å²) in [6.45, 7) is 3.98. The number of likely N-dealkylation sites (tertiary alicyclic amines) is 1. The minimum Gasteiger partial charge on any atom is -0.353 e. The molecule has 40 heavy (non-hydrogen) atoms. The maximum Gasteiger partial charge on any atom is 0.237 e. The number of hydrogen-bond acceptors (Lipinski definition) is 7. The van der Waals surface area contributed by atoms with Gasteiger partial charge in [-0.25, -0.2) is 13.4 Å². The van der Waals surface area contributed by atoms with Crippen molar-refractivity contribution in [2.45, 2.75) is 56.4 Å². The standard InChI is InChI=1S/C30H36N6O3S/c1-34-26-18-31-24-8-7-20(15-23(24)27(26)30(29(34)37)10-6-11-30)21-16-25(33-40(2,38)39)28(32-17-21)36-14-9-22(19-36)35-12-4-3-5-13-35/h7-8,15-18,22,33H,3-6,9-14,19H2,1-2H3. The van der Waals surface area contributed by atoms with E-state index in [0.717, 1.165) is 85.1 Å². The van der Waals surface area contributed by atoms with Crippen LogP contribution in [0.3, 0.4) is 0 Å². The molecule has 3 aromatic rings. The quantitative estimate of drug-likeness (QED) is 0.501. The summed E-state index contributed by atoms with van der Waals surface area (Å²) >= 11 is 0. The van der Waals surface area contributed by atoms with E-state index in [2.05, 4.69) is 25.6 Å². The molecule has 10 heteroatoms. The molecule has 1 unspecified atom stereocenters. The van der Waals surface area contributed by atoms with Gasteiger partial charge in [-0.15, -0.1) is 0 Å². The van der Waals surface area contributed by atoms with E-state index in [9.17, 15) is 13.2 Å². The van der Waals surface area contributed by atoms with Gasteiger partial charge in [0.05, 0.1) is 34.8 Å². The molecule has 3 aliphatic heterocycles. The molecule has 0 radical (unpaired) electrons. The molecule has 0 bridgehead atoms. The summed E-state index contributed by atoms with van der Waals surface area (Å²) < 4.78 is 27.5. The number of fused-ring (bicyclic) bond motifs is 4. The van der Waals surface area contributed by atoms with Crippen LogP contribution in [0.2, 0.25) is 0 Å². The number of sulfonamides is 1. The molecule has 1 atom stereocenters. The predicted octanol–water partition coefficient (Wildman–Crippen LogP) is 4.13. The number of benzene rings is 1. The fourth-order valence-electron chi connectivity index (χ4n) is 7.31. The second-order valence-corrected chi connectivity index (χ2v) is 13.8. The Kier molecular flexibility index (Phi) is 6.05. The maximum atomic E-state index is 13.2. The van der Waals surface area contributed by atoms with Crippen LogP contribution < -0.4 is 14.5 Å². The number of pyridine rings is 2. The Morgan fingerprint density at radius 1 is 0.975 bits per heavy atom. The lowest BCUT2D eigenvalue weighted by Gasteiger charge is -2.37. The monoisotopic (exact) mass is 560 g/mol. The highest BCUT2D eigenvalue weighted by Crippen LogP contribution is 2.55. The lowest BCUT2D eigenvalue weighted by Crippen LogP contribution is -2.43. The number of likely N-dealkylation sites (N-methyl/N-ethyl adjacent to an activating group) is 1. The van der Waals surface area contributed by atoms with Crippen LogP contribution in [0.1, 0.15) is 50.5 Å². The molecule has 210 valence electrons. The second kappa shape index (κ2) is 9.41. The zero-order valence-electron chi connectivity index (χ0n) is 23.2. The number of anilines is 3. The third-order valence-corrected chi connectivity index (χ3v) is 10.1. The average Bonchev–Trinajstić information content (AvgIpc) is 3.50. The molecule has 1 saturated carbocycles. The van der Waals surface area contributed by atoms with Gasteiger partial charge in [0.1, 0.15) is 0 Å². The van der Waals surface area contributed by atoms with Crippen molar-refractivity contribution in [3.63, 3.8) is 0 Å². The van der Waals surface area contributed by atoms with Crippen molar-refractivity contribution in [3.8, 4) is 11.1 Å². The summed E-state index contributed by atoms with van der Waals surface area (Å²) in [4.78, 5) is 29.3. The second-order valence-electron chi connectivity index (χ2n) is 12.0. The number of hydrogen-bond donors (Lipinski definition) is 1. The summed E-state index contributed by atoms with van der Waals surface area (Å²) in [6, 6.07) is 8.45. The Morgan fingerprint density at radius 2 is 1.77 bits per heavy atom. The maximum absolute atomic E-state index is 13.2. The molecule has 5 heterocycles. The first-order valence-corrected chi connectivity index (χ1v) is 16.3. The first-order valence-electron chi connectivity index (χ1n) is 14.4. The van der Waals surface area contributed by atoms with Crippen LogP contribution in [-0.4, -0.2) is 74.7 Å². The van der Waals surface area contributed by atoms with Crippen molar-refractivity contribution in [2.24, 2.45) is 0 Å². The van der Waals surface area contributed by atoms with E-state index in [1.54, 1.807) is 4.90 Å². The molecule has 9 nitrogen and oxygen atoms in total. The van der Waals surface area contributed by atoms with E-state index >= 15 is 0 Å². The Balaban J connectivity index is 1.27. The predicted molar refractivity (Wildman–Crippen MR) is 158 cm³/mol. The molecule has 1 N–H and O–H groups in total. The van der Waals surface area contributed by atoms with Crippen molar-refractivity contribution in [2.75, 3.05) is 54.0 Å². The molecular weight excluding hydrogens is 524 g/mol. The van der Waals surface area contributed by atoms with Gasteiger partial charge < -0.3 is 9.80 Å². The lowest BCUT2D eigenvalue weighted by molar-refractivity contribution is -0.125. The fraction of sp³-hybridized carbons (Fsp3) is 0.500. The van der Waals surface area contributed by atoms with Crippen molar-refractivity contribution in [1.82, 2.24) is 14.9 Å². The van der Waals surface area contributed by atoms with Crippen LogP contribution in [0.25, 0.3) is 22.0 Å². The number of nitrogens with one attached hydrogen (secondary N) is 1. The summed E-state index contributed by atoms with van der Waals surface area (Å²) in [5.74, 6) is 0.838. The molecule has 3 fully saturated rings. The molecule has 1 aliphatic carbocycles. The normalized spacial score (nSPS) is 22.6. The first-order chi connectivity index (χ1) is 19.2. The highest BCUT2D eigenvalue weighted by atomic mass is 32.2. The van der Waals surface area contributed by atoms with Gasteiger partial charge in [0.15, 0.2) is 5.82 Å². The first kappa shape index (κ1) is 25.7. The highest BCUT2D eigenvalue weighted by molar-refractivity contribution is 7.92. The van der Waals surface area contributed by atoms with Crippen LogP contribution in [0.4, 0.5) is 17.2 Å². The Hall–Kier alpha value is -3.24. The molecule has 1 amide bonds. The number of carbonyl (C=O) groups is 1. The largest absolute Gasteiger partial charge is 0.353 e. The van der Waals surface area contributed by atoms with Gasteiger partial charge in [-0.3, -0.25) is 19.4 Å².